The highest BCUT2D eigenvalue weighted by atomic mass is 32.2. The number of sulfonamides is 1. The Morgan fingerprint density at radius 3 is 2.39 bits per heavy atom. The van der Waals surface area contributed by atoms with E-state index < -0.39 is 15.9 Å². The molecule has 1 aromatic rings. The minimum atomic E-state index is -3.61. The van der Waals surface area contributed by atoms with Gasteiger partial charge in [0, 0.05) is 25.6 Å². The number of amides is 2. The summed E-state index contributed by atoms with van der Waals surface area (Å²) >= 11 is 0. The zero-order valence-electron chi connectivity index (χ0n) is 13.2. The van der Waals surface area contributed by atoms with E-state index in [1.807, 2.05) is 0 Å². The molecule has 126 valence electrons. The summed E-state index contributed by atoms with van der Waals surface area (Å²) in [5, 5.41) is 0. The Balaban J connectivity index is 2.04. The van der Waals surface area contributed by atoms with Gasteiger partial charge in [0.25, 0.3) is 5.91 Å². The van der Waals surface area contributed by atoms with Crippen LogP contribution in [-0.2, 0) is 14.8 Å². The zero-order valence-corrected chi connectivity index (χ0v) is 14.0. The molecule has 0 spiro atoms. The lowest BCUT2D eigenvalue weighted by atomic mass is 10.1. The monoisotopic (exact) mass is 339 g/mol. The smallest absolute Gasteiger partial charge is 0.269 e. The number of hydrazine groups is 1. The molecule has 1 aliphatic carbocycles. The first-order valence-electron chi connectivity index (χ1n) is 7.45. The van der Waals surface area contributed by atoms with E-state index in [4.69, 9.17) is 0 Å². The Hall–Kier alpha value is -1.93. The third-order valence-corrected chi connectivity index (χ3v) is 5.71. The van der Waals surface area contributed by atoms with Gasteiger partial charge in [-0.05, 0) is 31.0 Å². The van der Waals surface area contributed by atoms with Gasteiger partial charge in [0.2, 0.25) is 15.9 Å². The molecule has 23 heavy (non-hydrogen) atoms. The molecule has 2 rings (SSSR count). The molecule has 0 radical (unpaired) electrons. The van der Waals surface area contributed by atoms with Crippen molar-refractivity contribution in [2.75, 3.05) is 14.1 Å². The molecule has 0 heterocycles. The first kappa shape index (κ1) is 17.4. The van der Waals surface area contributed by atoms with Crippen LogP contribution in [0.2, 0.25) is 0 Å². The van der Waals surface area contributed by atoms with Gasteiger partial charge in [-0.25, -0.2) is 12.7 Å². The third kappa shape index (κ3) is 4.08. The molecule has 1 saturated carbocycles. The standard InChI is InChI=1S/C15H21N3O4S/c1-18(2)23(21,22)13-9-5-8-12(10-13)15(20)17-16-14(19)11-6-3-4-7-11/h5,8-11H,3-4,6-7H2,1-2H3,(H,16,19)(H,17,20). The number of carbonyl (C=O) groups is 2. The largest absolute Gasteiger partial charge is 0.273 e. The second-order valence-electron chi connectivity index (χ2n) is 5.74. The number of hydrogen-bond donors (Lipinski definition) is 2. The second-order valence-corrected chi connectivity index (χ2v) is 7.89. The summed E-state index contributed by atoms with van der Waals surface area (Å²) in [7, 11) is -0.770. The number of nitrogens with one attached hydrogen (secondary N) is 2. The second kappa shape index (κ2) is 7.10. The van der Waals surface area contributed by atoms with Crippen LogP contribution in [0.1, 0.15) is 36.0 Å². The lowest BCUT2D eigenvalue weighted by Crippen LogP contribution is -2.44. The lowest BCUT2D eigenvalue weighted by molar-refractivity contribution is -0.125. The van der Waals surface area contributed by atoms with E-state index in [1.54, 1.807) is 0 Å². The summed E-state index contributed by atoms with van der Waals surface area (Å²) in [4.78, 5) is 24.0. The quantitative estimate of drug-likeness (QED) is 0.796. The topological polar surface area (TPSA) is 95.6 Å². The van der Waals surface area contributed by atoms with E-state index in [0.717, 1.165) is 30.0 Å². The maximum absolute atomic E-state index is 12.1. The average Bonchev–Trinajstić information content (AvgIpc) is 3.06. The van der Waals surface area contributed by atoms with Gasteiger partial charge in [0.1, 0.15) is 0 Å². The number of benzene rings is 1. The van der Waals surface area contributed by atoms with E-state index in [-0.39, 0.29) is 22.3 Å². The van der Waals surface area contributed by atoms with E-state index in [2.05, 4.69) is 10.9 Å². The number of rotatable bonds is 4. The molecule has 0 unspecified atom stereocenters. The van der Waals surface area contributed by atoms with Gasteiger partial charge in [-0.15, -0.1) is 0 Å². The van der Waals surface area contributed by atoms with E-state index in [9.17, 15) is 18.0 Å². The van der Waals surface area contributed by atoms with Crippen molar-refractivity contribution in [3.63, 3.8) is 0 Å². The predicted octanol–water partition coefficient (Wildman–Crippen LogP) is 0.888. The first-order valence-corrected chi connectivity index (χ1v) is 8.89. The molecular weight excluding hydrogens is 318 g/mol. The molecule has 1 aromatic carbocycles. The Kier molecular flexibility index (Phi) is 5.38. The molecule has 7 nitrogen and oxygen atoms in total. The van der Waals surface area contributed by atoms with Gasteiger partial charge >= 0.3 is 0 Å². The molecule has 0 aliphatic heterocycles. The minimum absolute atomic E-state index is 0.0252. The fourth-order valence-corrected chi connectivity index (χ4v) is 3.44. The van der Waals surface area contributed by atoms with Crippen LogP contribution in [-0.4, -0.2) is 38.6 Å². The van der Waals surface area contributed by atoms with Gasteiger partial charge in [-0.3, -0.25) is 20.4 Å². The van der Waals surface area contributed by atoms with E-state index >= 15 is 0 Å². The van der Waals surface area contributed by atoms with Crippen molar-refractivity contribution < 1.29 is 18.0 Å². The summed E-state index contributed by atoms with van der Waals surface area (Å²) in [5.74, 6) is -0.809. The maximum Gasteiger partial charge on any atom is 0.269 e. The van der Waals surface area contributed by atoms with Crippen molar-refractivity contribution in [1.29, 1.82) is 0 Å². The molecule has 2 amide bonds. The van der Waals surface area contributed by atoms with Gasteiger partial charge in [-0.1, -0.05) is 18.9 Å². The van der Waals surface area contributed by atoms with Crippen LogP contribution in [0.3, 0.4) is 0 Å². The molecule has 0 atom stereocenters. The van der Waals surface area contributed by atoms with E-state index in [0.29, 0.717) is 0 Å². The molecule has 1 aliphatic rings. The fourth-order valence-electron chi connectivity index (χ4n) is 2.49. The van der Waals surface area contributed by atoms with Crippen LogP contribution < -0.4 is 10.9 Å². The Morgan fingerprint density at radius 1 is 1.13 bits per heavy atom. The van der Waals surface area contributed by atoms with Crippen LogP contribution in [0.5, 0.6) is 0 Å². The molecule has 0 saturated heterocycles. The summed E-state index contributed by atoms with van der Waals surface area (Å²) < 4.78 is 25.2. The van der Waals surface area contributed by atoms with Crippen LogP contribution in [0.25, 0.3) is 0 Å². The van der Waals surface area contributed by atoms with Crippen LogP contribution >= 0.6 is 0 Å². The number of nitrogens with zero attached hydrogens (tertiary/aromatic N) is 1. The normalized spacial score (nSPS) is 15.6. The van der Waals surface area contributed by atoms with Gasteiger partial charge < -0.3 is 0 Å². The highest BCUT2D eigenvalue weighted by molar-refractivity contribution is 7.89. The van der Waals surface area contributed by atoms with Crippen molar-refractivity contribution in [3.8, 4) is 0 Å². The van der Waals surface area contributed by atoms with Crippen molar-refractivity contribution in [3.05, 3.63) is 29.8 Å². The maximum atomic E-state index is 12.1. The van der Waals surface area contributed by atoms with Crippen molar-refractivity contribution in [2.24, 2.45) is 5.92 Å². The molecule has 0 bridgehead atoms. The molecule has 1 fully saturated rings. The van der Waals surface area contributed by atoms with Gasteiger partial charge in [0.05, 0.1) is 4.90 Å². The summed E-state index contributed by atoms with van der Waals surface area (Å²) in [6, 6.07) is 5.69. The molecular formula is C15H21N3O4S. The summed E-state index contributed by atoms with van der Waals surface area (Å²) in [6.45, 7) is 0. The van der Waals surface area contributed by atoms with Crippen LogP contribution in [0, 0.1) is 5.92 Å². The molecule has 8 heteroatoms. The van der Waals surface area contributed by atoms with Crippen molar-refractivity contribution in [1.82, 2.24) is 15.2 Å². The number of carbonyl (C=O) groups excluding carboxylic acids is 2. The van der Waals surface area contributed by atoms with Gasteiger partial charge in [0.15, 0.2) is 0 Å². The van der Waals surface area contributed by atoms with Crippen LogP contribution in [0.15, 0.2) is 29.2 Å². The summed E-state index contributed by atoms with van der Waals surface area (Å²) in [6.07, 6.45) is 3.71. The molecule has 0 aromatic heterocycles. The molecule has 2 N–H and O–H groups in total. The van der Waals surface area contributed by atoms with Crippen molar-refractivity contribution in [2.45, 2.75) is 30.6 Å². The Morgan fingerprint density at radius 2 is 1.78 bits per heavy atom. The van der Waals surface area contributed by atoms with Crippen molar-refractivity contribution >= 4 is 21.8 Å². The predicted molar refractivity (Wildman–Crippen MR) is 84.9 cm³/mol. The minimum Gasteiger partial charge on any atom is -0.273 e. The average molecular weight is 339 g/mol. The Bertz CT molecular complexity index is 694. The SMILES string of the molecule is CN(C)S(=O)(=O)c1cccc(C(=O)NNC(=O)C2CCCC2)c1. The Labute approximate surface area is 136 Å². The highest BCUT2D eigenvalue weighted by Gasteiger charge is 2.23. The fraction of sp³-hybridized carbons (Fsp3) is 0.467. The lowest BCUT2D eigenvalue weighted by Gasteiger charge is -2.13. The summed E-state index contributed by atoms with van der Waals surface area (Å²) in [5.41, 5.74) is 4.91. The van der Waals surface area contributed by atoms with Gasteiger partial charge in [-0.2, -0.15) is 0 Å². The highest BCUT2D eigenvalue weighted by Crippen LogP contribution is 2.24. The third-order valence-electron chi connectivity index (χ3n) is 3.90. The van der Waals surface area contributed by atoms with E-state index in [1.165, 1.54) is 38.4 Å². The number of hydrogen-bond acceptors (Lipinski definition) is 4. The first-order chi connectivity index (χ1) is 10.8. The zero-order chi connectivity index (χ0) is 17.0. The van der Waals surface area contributed by atoms with Crippen LogP contribution in [0.4, 0.5) is 0 Å².